The van der Waals surface area contributed by atoms with Crippen LogP contribution in [0.3, 0.4) is 0 Å². The molecule has 0 aliphatic heterocycles. The van der Waals surface area contributed by atoms with E-state index < -0.39 is 0 Å². The van der Waals surface area contributed by atoms with Crippen LogP contribution in [0.2, 0.25) is 0 Å². The fraction of sp³-hybridized carbons (Fsp3) is 0.600. The van der Waals surface area contributed by atoms with Gasteiger partial charge in [0.25, 0.3) is 0 Å². The van der Waals surface area contributed by atoms with Gasteiger partial charge in [-0.2, -0.15) is 0 Å². The van der Waals surface area contributed by atoms with E-state index in [1.54, 1.807) is 14.2 Å². The second-order valence-electron chi connectivity index (χ2n) is 4.93. The second kappa shape index (κ2) is 7.27. The summed E-state index contributed by atoms with van der Waals surface area (Å²) in [5, 5.41) is 3.52. The van der Waals surface area contributed by atoms with Crippen LogP contribution in [0.15, 0.2) is 18.2 Å². The van der Waals surface area contributed by atoms with E-state index in [9.17, 15) is 0 Å². The van der Waals surface area contributed by atoms with Gasteiger partial charge in [-0.15, -0.1) is 0 Å². The Kier molecular flexibility index (Phi) is 5.99. The van der Waals surface area contributed by atoms with Crippen LogP contribution in [-0.4, -0.2) is 26.8 Å². The Morgan fingerprint density at radius 3 is 2.28 bits per heavy atom. The van der Waals surface area contributed by atoms with Gasteiger partial charge in [0.05, 0.1) is 14.2 Å². The molecule has 0 spiro atoms. The predicted molar refractivity (Wildman–Crippen MR) is 75.6 cm³/mol. The maximum absolute atomic E-state index is 5.30. The Morgan fingerprint density at radius 2 is 1.72 bits per heavy atom. The SMILES string of the molecule is COc1ccc(CCNC(C)C(C)C)cc1OC. The molecule has 0 aromatic heterocycles. The molecule has 1 N–H and O–H groups in total. The zero-order chi connectivity index (χ0) is 13.5. The summed E-state index contributed by atoms with van der Waals surface area (Å²) in [7, 11) is 3.32. The highest BCUT2D eigenvalue weighted by Crippen LogP contribution is 2.27. The zero-order valence-electron chi connectivity index (χ0n) is 12.1. The van der Waals surface area contributed by atoms with Crippen molar-refractivity contribution in [3.63, 3.8) is 0 Å². The molecule has 102 valence electrons. The average molecular weight is 251 g/mol. The van der Waals surface area contributed by atoms with E-state index in [4.69, 9.17) is 9.47 Å². The van der Waals surface area contributed by atoms with Gasteiger partial charge in [0.15, 0.2) is 11.5 Å². The van der Waals surface area contributed by atoms with Crippen molar-refractivity contribution in [2.45, 2.75) is 33.2 Å². The molecular formula is C15H25NO2. The monoisotopic (exact) mass is 251 g/mol. The van der Waals surface area contributed by atoms with E-state index in [0.717, 1.165) is 24.5 Å². The number of rotatable bonds is 7. The van der Waals surface area contributed by atoms with Crippen LogP contribution >= 0.6 is 0 Å². The quantitative estimate of drug-likeness (QED) is 0.808. The first kappa shape index (κ1) is 14.8. The van der Waals surface area contributed by atoms with Gasteiger partial charge in [0.2, 0.25) is 0 Å². The lowest BCUT2D eigenvalue weighted by Crippen LogP contribution is -2.32. The molecule has 1 aromatic rings. The number of hydrogen-bond donors (Lipinski definition) is 1. The van der Waals surface area contributed by atoms with Crippen LogP contribution in [0.4, 0.5) is 0 Å². The summed E-state index contributed by atoms with van der Waals surface area (Å²) in [5.74, 6) is 2.24. The van der Waals surface area contributed by atoms with Crippen molar-refractivity contribution in [3.8, 4) is 11.5 Å². The summed E-state index contributed by atoms with van der Waals surface area (Å²) in [6, 6.07) is 6.63. The molecule has 1 unspecified atom stereocenters. The van der Waals surface area contributed by atoms with Gasteiger partial charge in [-0.05, 0) is 43.5 Å². The lowest BCUT2D eigenvalue weighted by atomic mass is 10.1. The minimum Gasteiger partial charge on any atom is -0.493 e. The van der Waals surface area contributed by atoms with Crippen molar-refractivity contribution in [1.82, 2.24) is 5.32 Å². The molecule has 0 saturated carbocycles. The van der Waals surface area contributed by atoms with Crippen molar-refractivity contribution in [3.05, 3.63) is 23.8 Å². The lowest BCUT2D eigenvalue weighted by Gasteiger charge is -2.17. The number of methoxy groups -OCH3 is 2. The molecule has 0 aliphatic rings. The van der Waals surface area contributed by atoms with E-state index in [0.29, 0.717) is 12.0 Å². The molecule has 0 fully saturated rings. The Morgan fingerprint density at radius 1 is 1.06 bits per heavy atom. The molecule has 3 heteroatoms. The van der Waals surface area contributed by atoms with Crippen molar-refractivity contribution < 1.29 is 9.47 Å². The third-order valence-corrected chi connectivity index (χ3v) is 3.33. The summed E-state index contributed by atoms with van der Waals surface area (Å²) in [4.78, 5) is 0. The van der Waals surface area contributed by atoms with Crippen LogP contribution in [0, 0.1) is 5.92 Å². The Labute approximate surface area is 110 Å². The van der Waals surface area contributed by atoms with Crippen molar-refractivity contribution >= 4 is 0 Å². The van der Waals surface area contributed by atoms with Gasteiger partial charge in [-0.25, -0.2) is 0 Å². The first-order valence-electron chi connectivity index (χ1n) is 6.52. The van der Waals surface area contributed by atoms with E-state index in [1.165, 1.54) is 5.56 Å². The fourth-order valence-electron chi connectivity index (χ4n) is 1.72. The van der Waals surface area contributed by atoms with E-state index >= 15 is 0 Å². The number of hydrogen-bond acceptors (Lipinski definition) is 3. The van der Waals surface area contributed by atoms with E-state index in [1.807, 2.05) is 12.1 Å². The van der Waals surface area contributed by atoms with Crippen molar-refractivity contribution in [1.29, 1.82) is 0 Å². The molecule has 3 nitrogen and oxygen atoms in total. The summed E-state index contributed by atoms with van der Waals surface area (Å²) >= 11 is 0. The minimum absolute atomic E-state index is 0.546. The smallest absolute Gasteiger partial charge is 0.160 e. The van der Waals surface area contributed by atoms with Crippen LogP contribution in [0.5, 0.6) is 11.5 Å². The molecule has 18 heavy (non-hydrogen) atoms. The number of benzene rings is 1. The zero-order valence-corrected chi connectivity index (χ0v) is 12.1. The standard InChI is InChI=1S/C15H25NO2/c1-11(2)12(3)16-9-8-13-6-7-14(17-4)15(10-13)18-5/h6-7,10-12,16H,8-9H2,1-5H3. The summed E-state index contributed by atoms with van der Waals surface area (Å²) in [6.07, 6.45) is 0.997. The summed E-state index contributed by atoms with van der Waals surface area (Å²) in [6.45, 7) is 7.66. The van der Waals surface area contributed by atoms with Crippen molar-refractivity contribution in [2.75, 3.05) is 20.8 Å². The summed E-state index contributed by atoms with van der Waals surface area (Å²) in [5.41, 5.74) is 1.26. The van der Waals surface area contributed by atoms with Gasteiger partial charge in [0.1, 0.15) is 0 Å². The van der Waals surface area contributed by atoms with Crippen LogP contribution in [0.1, 0.15) is 26.3 Å². The fourth-order valence-corrected chi connectivity index (χ4v) is 1.72. The van der Waals surface area contributed by atoms with E-state index in [2.05, 4.69) is 32.2 Å². The van der Waals surface area contributed by atoms with Gasteiger partial charge >= 0.3 is 0 Å². The van der Waals surface area contributed by atoms with Gasteiger partial charge in [-0.1, -0.05) is 19.9 Å². The molecule has 0 radical (unpaired) electrons. The highest BCUT2D eigenvalue weighted by molar-refractivity contribution is 5.42. The number of nitrogens with one attached hydrogen (secondary N) is 1. The molecule has 0 bridgehead atoms. The normalized spacial score (nSPS) is 12.6. The largest absolute Gasteiger partial charge is 0.493 e. The molecule has 1 atom stereocenters. The Hall–Kier alpha value is -1.22. The third-order valence-electron chi connectivity index (χ3n) is 3.33. The van der Waals surface area contributed by atoms with Crippen molar-refractivity contribution in [2.24, 2.45) is 5.92 Å². The van der Waals surface area contributed by atoms with Gasteiger partial charge in [0, 0.05) is 6.04 Å². The van der Waals surface area contributed by atoms with Crippen LogP contribution in [-0.2, 0) is 6.42 Å². The third kappa shape index (κ3) is 4.22. The highest BCUT2D eigenvalue weighted by atomic mass is 16.5. The first-order valence-corrected chi connectivity index (χ1v) is 6.52. The van der Waals surface area contributed by atoms with Gasteiger partial charge in [-0.3, -0.25) is 0 Å². The molecule has 0 aliphatic carbocycles. The first-order chi connectivity index (χ1) is 8.58. The minimum atomic E-state index is 0.546. The van der Waals surface area contributed by atoms with E-state index in [-0.39, 0.29) is 0 Å². The topological polar surface area (TPSA) is 30.5 Å². The summed E-state index contributed by atoms with van der Waals surface area (Å²) < 4.78 is 10.5. The molecule has 0 heterocycles. The second-order valence-corrected chi connectivity index (χ2v) is 4.93. The maximum Gasteiger partial charge on any atom is 0.160 e. The highest BCUT2D eigenvalue weighted by Gasteiger charge is 2.07. The maximum atomic E-state index is 5.30. The molecular weight excluding hydrogens is 226 g/mol. The Balaban J connectivity index is 2.53. The Bertz CT molecular complexity index is 364. The lowest BCUT2D eigenvalue weighted by molar-refractivity contribution is 0.354. The molecule has 0 amide bonds. The van der Waals surface area contributed by atoms with Crippen LogP contribution < -0.4 is 14.8 Å². The predicted octanol–water partition coefficient (Wildman–Crippen LogP) is 2.88. The molecule has 0 saturated heterocycles. The number of ether oxygens (including phenoxy) is 2. The molecule has 1 aromatic carbocycles. The molecule has 1 rings (SSSR count). The average Bonchev–Trinajstić information content (AvgIpc) is 2.38. The van der Waals surface area contributed by atoms with Crippen LogP contribution in [0.25, 0.3) is 0 Å². The van der Waals surface area contributed by atoms with Gasteiger partial charge < -0.3 is 14.8 Å².